The van der Waals surface area contributed by atoms with Crippen molar-refractivity contribution in [3.63, 3.8) is 0 Å². The lowest BCUT2D eigenvalue weighted by Gasteiger charge is -2.49. The van der Waals surface area contributed by atoms with Crippen molar-refractivity contribution in [2.75, 3.05) is 32.7 Å². The van der Waals surface area contributed by atoms with Crippen LogP contribution >= 0.6 is 11.6 Å². The first-order chi connectivity index (χ1) is 17.4. The molecule has 0 saturated carbocycles. The summed E-state index contributed by atoms with van der Waals surface area (Å²) in [5, 5.41) is 15.0. The van der Waals surface area contributed by atoms with Crippen LogP contribution in [0, 0.1) is 5.92 Å². The summed E-state index contributed by atoms with van der Waals surface area (Å²) in [5.74, 6) is 0.388. The number of nitrogens with zero attached hydrogens (tertiary/aromatic N) is 2. The maximum Gasteiger partial charge on any atom is 0.416 e. The van der Waals surface area contributed by atoms with E-state index in [1.54, 1.807) is 26.0 Å². The molecule has 37 heavy (non-hydrogen) atoms. The van der Waals surface area contributed by atoms with Crippen LogP contribution in [0.2, 0.25) is 5.02 Å². The molecule has 2 aliphatic heterocycles. The monoisotopic (exact) mass is 537 g/mol. The van der Waals surface area contributed by atoms with E-state index in [2.05, 4.69) is 10.2 Å². The van der Waals surface area contributed by atoms with Crippen molar-refractivity contribution in [2.24, 2.45) is 5.92 Å². The summed E-state index contributed by atoms with van der Waals surface area (Å²) in [7, 11) is 0. The predicted octanol–water partition coefficient (Wildman–Crippen LogP) is 5.12. The van der Waals surface area contributed by atoms with Gasteiger partial charge in [0.2, 0.25) is 5.91 Å². The van der Waals surface area contributed by atoms with Crippen LogP contribution in [-0.4, -0.2) is 65.2 Å². The zero-order valence-electron chi connectivity index (χ0n) is 21.3. The van der Waals surface area contributed by atoms with Crippen molar-refractivity contribution in [1.29, 1.82) is 0 Å². The SMILES string of the molecule is CC(C)(O)[C@H]1CN(C(c2ccc(Cl)cc2)c2ccc(C(F)(F)F)cc2)CCN1C(=O)CC1CCNCC1. The third kappa shape index (κ3) is 6.85. The summed E-state index contributed by atoms with van der Waals surface area (Å²) < 4.78 is 39.7. The highest BCUT2D eigenvalue weighted by Gasteiger charge is 2.42. The van der Waals surface area contributed by atoms with E-state index in [9.17, 15) is 23.1 Å². The van der Waals surface area contributed by atoms with Gasteiger partial charge in [-0.15, -0.1) is 0 Å². The van der Waals surface area contributed by atoms with Gasteiger partial charge in [0.25, 0.3) is 0 Å². The minimum atomic E-state index is -4.42. The lowest BCUT2D eigenvalue weighted by Crippen LogP contribution is -2.63. The van der Waals surface area contributed by atoms with Gasteiger partial charge in [-0.05, 0) is 81.1 Å². The number of benzene rings is 2. The van der Waals surface area contributed by atoms with Crippen LogP contribution in [0.4, 0.5) is 13.2 Å². The number of carbonyl (C=O) groups is 1. The Hall–Kier alpha value is -2.13. The number of piperazine rings is 1. The van der Waals surface area contributed by atoms with Crippen LogP contribution in [0.15, 0.2) is 48.5 Å². The molecule has 1 unspecified atom stereocenters. The van der Waals surface area contributed by atoms with E-state index in [0.29, 0.717) is 42.6 Å². The lowest BCUT2D eigenvalue weighted by molar-refractivity contribution is -0.146. The summed E-state index contributed by atoms with van der Waals surface area (Å²) in [5.41, 5.74) is -0.270. The molecular formula is C28H35ClF3N3O2. The predicted molar refractivity (Wildman–Crippen MR) is 138 cm³/mol. The summed E-state index contributed by atoms with van der Waals surface area (Å²) >= 11 is 6.12. The maximum absolute atomic E-state index is 13.4. The number of hydrogen-bond donors (Lipinski definition) is 2. The summed E-state index contributed by atoms with van der Waals surface area (Å²) in [6.07, 6.45) is -2.02. The average Bonchev–Trinajstić information content (AvgIpc) is 2.85. The van der Waals surface area contributed by atoms with Gasteiger partial charge in [-0.2, -0.15) is 13.2 Å². The van der Waals surface area contributed by atoms with E-state index in [-0.39, 0.29) is 11.9 Å². The second-order valence-electron chi connectivity index (χ2n) is 10.7. The Morgan fingerprint density at radius 2 is 1.59 bits per heavy atom. The first kappa shape index (κ1) is 27.9. The number of hydrogen-bond acceptors (Lipinski definition) is 4. The molecule has 2 heterocycles. The Balaban J connectivity index is 1.61. The fourth-order valence-electron chi connectivity index (χ4n) is 5.51. The molecule has 2 aromatic carbocycles. The van der Waals surface area contributed by atoms with E-state index >= 15 is 0 Å². The zero-order valence-corrected chi connectivity index (χ0v) is 22.0. The van der Waals surface area contributed by atoms with Gasteiger partial charge in [-0.1, -0.05) is 35.9 Å². The Morgan fingerprint density at radius 1 is 1.03 bits per heavy atom. The molecule has 9 heteroatoms. The first-order valence-corrected chi connectivity index (χ1v) is 13.2. The number of nitrogens with one attached hydrogen (secondary N) is 1. The lowest BCUT2D eigenvalue weighted by atomic mass is 9.89. The smallest absolute Gasteiger partial charge is 0.388 e. The minimum absolute atomic E-state index is 0.0521. The zero-order chi connectivity index (χ0) is 26.8. The van der Waals surface area contributed by atoms with Crippen LogP contribution in [0.1, 0.15) is 55.8 Å². The van der Waals surface area contributed by atoms with Crippen LogP contribution in [0.3, 0.4) is 0 Å². The van der Waals surface area contributed by atoms with Gasteiger partial charge in [0.05, 0.1) is 23.2 Å². The molecule has 2 atom stereocenters. The summed E-state index contributed by atoms with van der Waals surface area (Å²) in [4.78, 5) is 17.3. The summed E-state index contributed by atoms with van der Waals surface area (Å²) in [6.45, 7) is 6.59. The van der Waals surface area contributed by atoms with Crippen LogP contribution in [-0.2, 0) is 11.0 Å². The number of aliphatic hydroxyl groups is 1. The van der Waals surface area contributed by atoms with Gasteiger partial charge in [-0.25, -0.2) is 0 Å². The van der Waals surface area contributed by atoms with Crippen molar-refractivity contribution in [2.45, 2.75) is 57.0 Å². The van der Waals surface area contributed by atoms with Gasteiger partial charge >= 0.3 is 6.18 Å². The fraction of sp³-hybridized carbons (Fsp3) is 0.536. The molecule has 2 N–H and O–H groups in total. The number of alkyl halides is 3. The molecule has 202 valence electrons. The molecule has 0 bridgehead atoms. The van der Waals surface area contributed by atoms with E-state index < -0.39 is 23.4 Å². The largest absolute Gasteiger partial charge is 0.416 e. The second-order valence-corrected chi connectivity index (χ2v) is 11.2. The number of halogens is 4. The van der Waals surface area contributed by atoms with Gasteiger partial charge in [0.15, 0.2) is 0 Å². The number of amides is 1. The van der Waals surface area contributed by atoms with Gasteiger partial charge in [-0.3, -0.25) is 9.69 Å². The highest BCUT2D eigenvalue weighted by Crippen LogP contribution is 2.36. The molecule has 0 spiro atoms. The highest BCUT2D eigenvalue weighted by molar-refractivity contribution is 6.30. The van der Waals surface area contributed by atoms with E-state index in [1.165, 1.54) is 12.1 Å². The molecule has 4 rings (SSSR count). The van der Waals surface area contributed by atoms with E-state index in [0.717, 1.165) is 43.6 Å². The molecule has 5 nitrogen and oxygen atoms in total. The van der Waals surface area contributed by atoms with Gasteiger partial charge in [0, 0.05) is 31.1 Å². The van der Waals surface area contributed by atoms with Crippen LogP contribution in [0.25, 0.3) is 0 Å². The Bertz CT molecular complexity index is 1050. The van der Waals surface area contributed by atoms with Gasteiger partial charge in [0.1, 0.15) is 0 Å². The summed E-state index contributed by atoms with van der Waals surface area (Å²) in [6, 6.07) is 11.7. The molecule has 0 aliphatic carbocycles. The second kappa shape index (κ2) is 11.3. The third-order valence-electron chi connectivity index (χ3n) is 7.57. The molecule has 2 aromatic rings. The molecule has 0 radical (unpaired) electrons. The topological polar surface area (TPSA) is 55.8 Å². The minimum Gasteiger partial charge on any atom is -0.388 e. The van der Waals surface area contributed by atoms with Crippen LogP contribution in [0.5, 0.6) is 0 Å². The van der Waals surface area contributed by atoms with E-state index in [4.69, 9.17) is 11.6 Å². The number of rotatable bonds is 6. The Labute approximate surface area is 221 Å². The van der Waals surface area contributed by atoms with E-state index in [1.807, 2.05) is 17.0 Å². The molecule has 2 saturated heterocycles. The average molecular weight is 538 g/mol. The maximum atomic E-state index is 13.4. The normalized spacial score (nSPS) is 21.2. The molecule has 1 amide bonds. The van der Waals surface area contributed by atoms with Crippen molar-refractivity contribution in [3.05, 3.63) is 70.2 Å². The quantitative estimate of drug-likeness (QED) is 0.537. The van der Waals surface area contributed by atoms with Crippen molar-refractivity contribution in [1.82, 2.24) is 15.1 Å². The van der Waals surface area contributed by atoms with Crippen molar-refractivity contribution >= 4 is 17.5 Å². The van der Waals surface area contributed by atoms with Crippen LogP contribution < -0.4 is 5.32 Å². The molecule has 2 fully saturated rings. The number of piperidine rings is 1. The molecule has 0 aromatic heterocycles. The third-order valence-corrected chi connectivity index (χ3v) is 7.83. The Morgan fingerprint density at radius 3 is 2.14 bits per heavy atom. The standard InChI is InChI=1S/C28H35ClF3N3O2/c1-27(2,37)24-18-34(15-16-35(24)25(36)17-19-11-13-33-14-12-19)26(21-5-9-23(29)10-6-21)20-3-7-22(8-4-20)28(30,31)32/h3-10,19,24,26,33,37H,11-18H2,1-2H3/t24-,26?/m1/s1. The number of carbonyl (C=O) groups excluding carboxylic acids is 1. The molecular weight excluding hydrogens is 503 g/mol. The highest BCUT2D eigenvalue weighted by atomic mass is 35.5. The fourth-order valence-corrected chi connectivity index (χ4v) is 5.63. The Kier molecular flexibility index (Phi) is 8.53. The van der Waals surface area contributed by atoms with Crippen molar-refractivity contribution < 1.29 is 23.1 Å². The molecule has 2 aliphatic rings. The van der Waals surface area contributed by atoms with Gasteiger partial charge < -0.3 is 15.3 Å². The van der Waals surface area contributed by atoms with Crippen molar-refractivity contribution in [3.8, 4) is 0 Å². The first-order valence-electron chi connectivity index (χ1n) is 12.8.